The molecule has 0 aliphatic heterocycles. The van der Waals surface area contributed by atoms with Crippen molar-refractivity contribution in [2.45, 2.75) is 0 Å². The first-order chi connectivity index (χ1) is 2.00. The Morgan fingerprint density at radius 2 is 0.857 bits per heavy atom. The van der Waals surface area contributed by atoms with E-state index in [1.54, 1.807) is 0 Å². The van der Waals surface area contributed by atoms with Crippen LogP contribution >= 0.6 is 0 Å². The standard InChI is InChI=1S/FH.K.H4O4Si/c;;1-5(2,3)4/h1H;;1-4H/q;+1;/p-1. The molecule has 0 unspecified atom stereocenters. The second kappa shape index (κ2) is 5.75. The van der Waals surface area contributed by atoms with Gasteiger partial charge in [-0.15, -0.1) is 0 Å². The van der Waals surface area contributed by atoms with Gasteiger partial charge < -0.3 is 23.9 Å². The van der Waals surface area contributed by atoms with Crippen LogP contribution in [0, 0.1) is 0 Å². The molecule has 0 aliphatic rings. The average Bonchev–Trinajstić information content (AvgIpc) is 0.722. The molecule has 0 aromatic heterocycles. The van der Waals surface area contributed by atoms with Gasteiger partial charge in [-0.25, -0.2) is 0 Å². The molecule has 0 bridgehead atoms. The SMILES string of the molecule is O[Si](O)(O)O.[F-].[K+]. The Morgan fingerprint density at radius 3 is 0.857 bits per heavy atom. The number of hydrogen-bond donors (Lipinski definition) is 4. The molecule has 0 aromatic carbocycles. The van der Waals surface area contributed by atoms with E-state index in [1.165, 1.54) is 0 Å². The molecule has 0 fully saturated rings. The molecule has 0 saturated heterocycles. The van der Waals surface area contributed by atoms with Crippen LogP contribution in [-0.4, -0.2) is 28.2 Å². The van der Waals surface area contributed by atoms with Crippen molar-refractivity contribution in [3.05, 3.63) is 0 Å². The van der Waals surface area contributed by atoms with Crippen LogP contribution in [-0.2, 0) is 0 Å². The zero-order valence-electron chi connectivity index (χ0n) is 3.67. The fourth-order valence-corrected chi connectivity index (χ4v) is 0. The molecule has 40 valence electrons. The smallest absolute Gasteiger partial charge is 1.00 e. The van der Waals surface area contributed by atoms with Gasteiger partial charge in [0, 0.05) is 0 Å². The molecule has 0 rings (SSSR count). The van der Waals surface area contributed by atoms with Crippen LogP contribution < -0.4 is 56.1 Å². The van der Waals surface area contributed by atoms with Gasteiger partial charge >= 0.3 is 60.4 Å². The third kappa shape index (κ3) is 91.5. The molecule has 0 amide bonds. The summed E-state index contributed by atoms with van der Waals surface area (Å²) in [5, 5.41) is 0. The summed E-state index contributed by atoms with van der Waals surface area (Å²) in [6, 6.07) is 0. The molecule has 7 heteroatoms. The van der Waals surface area contributed by atoms with Crippen molar-refractivity contribution in [3.8, 4) is 0 Å². The van der Waals surface area contributed by atoms with Gasteiger partial charge in [0.05, 0.1) is 0 Å². The van der Waals surface area contributed by atoms with Crippen LogP contribution in [0.1, 0.15) is 0 Å². The van der Waals surface area contributed by atoms with E-state index in [1.807, 2.05) is 0 Å². The second-order valence-corrected chi connectivity index (χ2v) is 1.80. The zero-order valence-corrected chi connectivity index (χ0v) is 7.79. The van der Waals surface area contributed by atoms with Crippen LogP contribution in [0.2, 0.25) is 0 Å². The topological polar surface area (TPSA) is 80.9 Å². The van der Waals surface area contributed by atoms with E-state index in [4.69, 9.17) is 19.2 Å². The van der Waals surface area contributed by atoms with Crippen LogP contribution in [0.25, 0.3) is 0 Å². The van der Waals surface area contributed by atoms with Gasteiger partial charge in [-0.2, -0.15) is 0 Å². The summed E-state index contributed by atoms with van der Waals surface area (Å²) in [5.74, 6) is 0. The van der Waals surface area contributed by atoms with Crippen molar-refractivity contribution >= 4 is 9.05 Å². The quantitative estimate of drug-likeness (QED) is 0.261. The monoisotopic (exact) mass is 154 g/mol. The minimum atomic E-state index is -4.61. The molecule has 7 heavy (non-hydrogen) atoms. The first-order valence-corrected chi connectivity index (χ1v) is 2.68. The van der Waals surface area contributed by atoms with E-state index in [0.717, 1.165) is 0 Å². The van der Waals surface area contributed by atoms with Crippen LogP contribution in [0.4, 0.5) is 0 Å². The summed E-state index contributed by atoms with van der Waals surface area (Å²) >= 11 is 0. The van der Waals surface area contributed by atoms with E-state index in [0.29, 0.717) is 0 Å². The summed E-state index contributed by atoms with van der Waals surface area (Å²) < 4.78 is 0. The number of rotatable bonds is 0. The predicted molar refractivity (Wildman–Crippen MR) is 14.6 cm³/mol. The van der Waals surface area contributed by atoms with Gasteiger partial charge in [0.1, 0.15) is 0 Å². The molecule has 0 radical (unpaired) electrons. The predicted octanol–water partition coefficient (Wildman–Crippen LogP) is -8.60. The summed E-state index contributed by atoms with van der Waals surface area (Å²) in [5.41, 5.74) is 0. The Hall–Kier alpha value is 1.62. The minimum absolute atomic E-state index is 0. The molecule has 4 N–H and O–H groups in total. The number of hydrogen-bond acceptors (Lipinski definition) is 4. The van der Waals surface area contributed by atoms with Crippen molar-refractivity contribution in [1.29, 1.82) is 0 Å². The fourth-order valence-electron chi connectivity index (χ4n) is 0. The normalized spacial score (nSPS) is 8.57. The maximum absolute atomic E-state index is 7.33. The molecule has 0 aliphatic carbocycles. The Kier molecular flexibility index (Phi) is 13.0. The van der Waals surface area contributed by atoms with Gasteiger partial charge in [-0.3, -0.25) is 0 Å². The maximum Gasteiger partial charge on any atom is 1.00 e. The first-order valence-electron chi connectivity index (χ1n) is 0.894. The van der Waals surface area contributed by atoms with Crippen LogP contribution in [0.3, 0.4) is 0 Å². The van der Waals surface area contributed by atoms with Crippen LogP contribution in [0.5, 0.6) is 0 Å². The third-order valence-electron chi connectivity index (χ3n) is 0. The molecule has 0 aromatic rings. The van der Waals surface area contributed by atoms with E-state index in [9.17, 15) is 0 Å². The molecular formula is H4FKO4Si. The van der Waals surface area contributed by atoms with E-state index in [2.05, 4.69) is 0 Å². The molecule has 0 saturated carbocycles. The van der Waals surface area contributed by atoms with E-state index >= 15 is 0 Å². The van der Waals surface area contributed by atoms with Gasteiger partial charge in [0.2, 0.25) is 0 Å². The van der Waals surface area contributed by atoms with Gasteiger partial charge in [-0.1, -0.05) is 0 Å². The largest absolute Gasteiger partial charge is 1.00 e. The summed E-state index contributed by atoms with van der Waals surface area (Å²) in [6.45, 7) is 0. The maximum atomic E-state index is 7.33. The third-order valence-corrected chi connectivity index (χ3v) is 0. The van der Waals surface area contributed by atoms with Gasteiger partial charge in [0.25, 0.3) is 0 Å². The molecule has 0 heterocycles. The Morgan fingerprint density at radius 1 is 0.857 bits per heavy atom. The van der Waals surface area contributed by atoms with Crippen molar-refractivity contribution < 1.29 is 75.3 Å². The van der Waals surface area contributed by atoms with Crippen molar-refractivity contribution in [3.63, 3.8) is 0 Å². The molecular weight excluding hydrogens is 150 g/mol. The van der Waals surface area contributed by atoms with Gasteiger partial charge in [0.15, 0.2) is 0 Å². The second-order valence-electron chi connectivity index (χ2n) is 0.600. The average molecular weight is 154 g/mol. The Bertz CT molecular complexity index is 27.2. The van der Waals surface area contributed by atoms with Crippen molar-refractivity contribution in [2.75, 3.05) is 0 Å². The van der Waals surface area contributed by atoms with E-state index < -0.39 is 9.05 Å². The molecule has 4 nitrogen and oxygen atoms in total. The van der Waals surface area contributed by atoms with Crippen LogP contribution in [0.15, 0.2) is 0 Å². The van der Waals surface area contributed by atoms with Gasteiger partial charge in [-0.05, 0) is 0 Å². The zero-order chi connectivity index (χ0) is 4.50. The summed E-state index contributed by atoms with van der Waals surface area (Å²) in [4.78, 5) is 29.3. The molecule has 0 atom stereocenters. The van der Waals surface area contributed by atoms with Crippen molar-refractivity contribution in [1.82, 2.24) is 0 Å². The summed E-state index contributed by atoms with van der Waals surface area (Å²) in [7, 11) is -4.61. The fraction of sp³-hybridized carbons (Fsp3) is 0. The Balaban J connectivity index is -0.0000000800. The Labute approximate surface area is 83.1 Å². The van der Waals surface area contributed by atoms with E-state index in [-0.39, 0.29) is 56.1 Å². The molecule has 0 spiro atoms. The first kappa shape index (κ1) is 15.8. The number of halogens is 1. The van der Waals surface area contributed by atoms with Crippen molar-refractivity contribution in [2.24, 2.45) is 0 Å². The minimum Gasteiger partial charge on any atom is -1.00 e. The summed E-state index contributed by atoms with van der Waals surface area (Å²) in [6.07, 6.45) is 0.